The molecular weight excluding hydrogens is 540 g/mol. The molecule has 1 rings (SSSR count). The van der Waals surface area contributed by atoms with E-state index in [-0.39, 0.29) is 18.2 Å². The number of unbranched alkanes of at least 4 members (excludes halogenated alkanes) is 12. The summed E-state index contributed by atoms with van der Waals surface area (Å²) >= 11 is 0. The van der Waals surface area contributed by atoms with E-state index in [1.165, 1.54) is 51.4 Å². The van der Waals surface area contributed by atoms with E-state index >= 15 is 0 Å². The highest BCUT2D eigenvalue weighted by Gasteiger charge is 2.24. The Morgan fingerprint density at radius 1 is 0.628 bits per heavy atom. The van der Waals surface area contributed by atoms with Crippen molar-refractivity contribution in [3.8, 4) is 0 Å². The van der Waals surface area contributed by atoms with Crippen LogP contribution in [0.1, 0.15) is 162 Å². The molecule has 0 amide bonds. The first kappa shape index (κ1) is 39.6. The molecule has 250 valence electrons. The number of esters is 1. The smallest absolute Gasteiger partial charge is 0.334 e. The molecule has 0 saturated carbocycles. The molecule has 1 aliphatic rings. The van der Waals surface area contributed by atoms with Gasteiger partial charge in [-0.1, -0.05) is 115 Å². The van der Waals surface area contributed by atoms with Crippen molar-refractivity contribution in [2.75, 3.05) is 0 Å². The maximum absolute atomic E-state index is 11.6. The number of aliphatic hydroxyl groups excluding tert-OH is 4. The van der Waals surface area contributed by atoms with Gasteiger partial charge in [0.05, 0.1) is 24.4 Å². The third-order valence-electron chi connectivity index (χ3n) is 8.45. The van der Waals surface area contributed by atoms with E-state index in [4.69, 9.17) is 4.74 Å². The molecule has 6 nitrogen and oxygen atoms in total. The van der Waals surface area contributed by atoms with Gasteiger partial charge in [0.25, 0.3) is 0 Å². The van der Waals surface area contributed by atoms with E-state index in [2.05, 4.69) is 31.2 Å². The van der Waals surface area contributed by atoms with E-state index in [0.717, 1.165) is 70.6 Å². The van der Waals surface area contributed by atoms with Gasteiger partial charge >= 0.3 is 5.97 Å². The molecule has 0 aliphatic carbocycles. The Kier molecular flexibility index (Phi) is 24.7. The SMILES string of the molecule is CCCCCCCCCCCCC(O)C(O)CC/C=C\CC/C=C\CCC(O)CCCCCC(O)CC1=CC(C)OC1=O. The number of allylic oxidation sites excluding steroid dienone is 4. The van der Waals surface area contributed by atoms with E-state index < -0.39 is 18.3 Å². The van der Waals surface area contributed by atoms with E-state index in [1.54, 1.807) is 6.08 Å². The Bertz CT molecular complexity index is 760. The van der Waals surface area contributed by atoms with Crippen molar-refractivity contribution in [2.45, 2.75) is 192 Å². The normalized spacial score (nSPS) is 18.3. The number of carbonyl (C=O) groups is 1. The quantitative estimate of drug-likeness (QED) is 0.0387. The monoisotopic (exact) mass is 606 g/mol. The maximum Gasteiger partial charge on any atom is 0.334 e. The van der Waals surface area contributed by atoms with Crippen LogP contribution in [-0.4, -0.2) is 56.9 Å². The van der Waals surface area contributed by atoms with Crippen molar-refractivity contribution >= 4 is 5.97 Å². The number of aliphatic hydroxyl groups is 4. The molecule has 0 spiro atoms. The summed E-state index contributed by atoms with van der Waals surface area (Å²) in [5.41, 5.74) is 0.584. The first-order valence-corrected chi connectivity index (χ1v) is 17.8. The lowest BCUT2D eigenvalue weighted by Gasteiger charge is -2.17. The van der Waals surface area contributed by atoms with Gasteiger partial charge in [0.1, 0.15) is 6.10 Å². The third kappa shape index (κ3) is 22.7. The molecule has 0 aromatic carbocycles. The Hall–Kier alpha value is -1.47. The van der Waals surface area contributed by atoms with Gasteiger partial charge in [0, 0.05) is 12.0 Å². The molecule has 6 heteroatoms. The van der Waals surface area contributed by atoms with Crippen LogP contribution in [0.15, 0.2) is 36.0 Å². The van der Waals surface area contributed by atoms with Gasteiger partial charge in [-0.25, -0.2) is 4.79 Å². The summed E-state index contributed by atoms with van der Waals surface area (Å²) in [6.45, 7) is 4.07. The zero-order valence-electron chi connectivity index (χ0n) is 27.6. The van der Waals surface area contributed by atoms with Crippen LogP contribution in [0, 0.1) is 0 Å². The van der Waals surface area contributed by atoms with Crippen LogP contribution in [0.2, 0.25) is 0 Å². The predicted molar refractivity (Wildman–Crippen MR) is 178 cm³/mol. The lowest BCUT2D eigenvalue weighted by Crippen LogP contribution is -2.25. The number of hydrogen-bond donors (Lipinski definition) is 4. The van der Waals surface area contributed by atoms with Crippen molar-refractivity contribution in [3.05, 3.63) is 36.0 Å². The van der Waals surface area contributed by atoms with E-state index in [9.17, 15) is 25.2 Å². The van der Waals surface area contributed by atoms with Crippen molar-refractivity contribution in [2.24, 2.45) is 0 Å². The van der Waals surface area contributed by atoms with E-state index in [1.807, 2.05) is 6.92 Å². The van der Waals surface area contributed by atoms with Crippen molar-refractivity contribution in [3.63, 3.8) is 0 Å². The zero-order chi connectivity index (χ0) is 31.5. The standard InChI is InChI=1S/C37H66O6/c1-3-4-5-6-7-8-9-13-16-22-27-35(40)36(41)28-23-17-14-11-10-12-15-19-24-33(38)25-20-18-21-26-34(39)30-32-29-31(2)43-37(32)42/h12,14-15,17,29,31,33-36,38-41H,3-11,13,16,18-28,30H2,1-2H3/b15-12-,17-14-. The average Bonchev–Trinajstić information content (AvgIpc) is 3.30. The molecule has 0 aromatic rings. The Labute approximate surface area is 263 Å². The molecule has 43 heavy (non-hydrogen) atoms. The molecule has 0 saturated heterocycles. The molecule has 0 radical (unpaired) electrons. The van der Waals surface area contributed by atoms with Crippen LogP contribution in [0.5, 0.6) is 0 Å². The molecule has 0 bridgehead atoms. The summed E-state index contributed by atoms with van der Waals surface area (Å²) in [6.07, 6.45) is 31.1. The molecule has 1 heterocycles. The highest BCUT2D eigenvalue weighted by Crippen LogP contribution is 2.21. The van der Waals surface area contributed by atoms with Gasteiger partial charge in [-0.05, 0) is 70.8 Å². The lowest BCUT2D eigenvalue weighted by atomic mass is 10.0. The van der Waals surface area contributed by atoms with Crippen molar-refractivity contribution in [1.82, 2.24) is 0 Å². The van der Waals surface area contributed by atoms with Gasteiger partial charge in [-0.2, -0.15) is 0 Å². The average molecular weight is 607 g/mol. The van der Waals surface area contributed by atoms with Gasteiger partial charge in [-0.3, -0.25) is 0 Å². The Morgan fingerprint density at radius 3 is 1.67 bits per heavy atom. The fraction of sp³-hybridized carbons (Fsp3) is 0.811. The number of rotatable bonds is 29. The van der Waals surface area contributed by atoms with Gasteiger partial charge in [0.2, 0.25) is 0 Å². The highest BCUT2D eigenvalue weighted by molar-refractivity contribution is 5.90. The lowest BCUT2D eigenvalue weighted by molar-refractivity contribution is -0.139. The minimum absolute atomic E-state index is 0.191. The summed E-state index contributed by atoms with van der Waals surface area (Å²) < 4.78 is 5.06. The molecule has 5 unspecified atom stereocenters. The predicted octanol–water partition coefficient (Wildman–Crippen LogP) is 8.41. The van der Waals surface area contributed by atoms with Gasteiger partial charge in [-0.15, -0.1) is 0 Å². The molecule has 0 aromatic heterocycles. The van der Waals surface area contributed by atoms with Gasteiger partial charge < -0.3 is 25.2 Å². The summed E-state index contributed by atoms with van der Waals surface area (Å²) in [7, 11) is 0. The molecule has 0 fully saturated rings. The Balaban J connectivity index is 1.91. The summed E-state index contributed by atoms with van der Waals surface area (Å²) in [6, 6.07) is 0. The van der Waals surface area contributed by atoms with E-state index in [0.29, 0.717) is 31.3 Å². The molecule has 1 aliphatic heterocycles. The van der Waals surface area contributed by atoms with Crippen LogP contribution < -0.4 is 0 Å². The van der Waals surface area contributed by atoms with Crippen LogP contribution in [0.4, 0.5) is 0 Å². The van der Waals surface area contributed by atoms with Crippen molar-refractivity contribution < 1.29 is 30.0 Å². The van der Waals surface area contributed by atoms with Crippen LogP contribution >= 0.6 is 0 Å². The molecule has 5 atom stereocenters. The van der Waals surface area contributed by atoms with Crippen LogP contribution in [0.3, 0.4) is 0 Å². The summed E-state index contributed by atoms with van der Waals surface area (Å²) in [4.78, 5) is 11.6. The van der Waals surface area contributed by atoms with Crippen LogP contribution in [-0.2, 0) is 9.53 Å². The summed E-state index contributed by atoms with van der Waals surface area (Å²) in [5.74, 6) is -0.308. The minimum atomic E-state index is -0.632. The number of carbonyl (C=O) groups excluding carboxylic acids is 1. The summed E-state index contributed by atoms with van der Waals surface area (Å²) in [5, 5.41) is 40.8. The topological polar surface area (TPSA) is 107 Å². The minimum Gasteiger partial charge on any atom is -0.455 e. The maximum atomic E-state index is 11.6. The zero-order valence-corrected chi connectivity index (χ0v) is 27.6. The van der Waals surface area contributed by atoms with Gasteiger partial charge in [0.15, 0.2) is 0 Å². The largest absolute Gasteiger partial charge is 0.455 e. The second-order valence-corrected chi connectivity index (χ2v) is 12.7. The second kappa shape index (κ2) is 26.9. The Morgan fingerprint density at radius 2 is 1.09 bits per heavy atom. The van der Waals surface area contributed by atoms with Crippen molar-refractivity contribution in [1.29, 1.82) is 0 Å². The highest BCUT2D eigenvalue weighted by atomic mass is 16.5. The first-order chi connectivity index (χ1) is 20.8. The third-order valence-corrected chi connectivity index (χ3v) is 8.45. The first-order valence-electron chi connectivity index (χ1n) is 17.8. The molecule has 4 N–H and O–H groups in total. The number of cyclic esters (lactones) is 1. The number of ether oxygens (including phenoxy) is 1. The molecular formula is C37H66O6. The fourth-order valence-electron chi connectivity index (χ4n) is 5.66. The fourth-order valence-corrected chi connectivity index (χ4v) is 5.66. The van der Waals surface area contributed by atoms with Crippen LogP contribution in [0.25, 0.3) is 0 Å². The number of hydrogen-bond acceptors (Lipinski definition) is 6. The second-order valence-electron chi connectivity index (χ2n) is 12.7.